The predicted molar refractivity (Wildman–Crippen MR) is 85.2 cm³/mol. The van der Waals surface area contributed by atoms with Crippen LogP contribution in [0.5, 0.6) is 5.75 Å². The van der Waals surface area contributed by atoms with Crippen molar-refractivity contribution >= 4 is 21.8 Å². The van der Waals surface area contributed by atoms with Crippen LogP contribution < -0.4 is 10.1 Å². The predicted octanol–water partition coefficient (Wildman–Crippen LogP) is 2.46. The summed E-state index contributed by atoms with van der Waals surface area (Å²) in [6.45, 7) is 1.73. The van der Waals surface area contributed by atoms with Crippen molar-refractivity contribution < 1.29 is 9.53 Å². The van der Waals surface area contributed by atoms with E-state index in [1.807, 2.05) is 32.3 Å². The first-order valence-corrected chi connectivity index (χ1v) is 7.56. The highest BCUT2D eigenvalue weighted by atomic mass is 79.9. The highest BCUT2D eigenvalue weighted by Crippen LogP contribution is 2.25. The molecule has 0 spiro atoms. The molecule has 1 rings (SSSR count). The van der Waals surface area contributed by atoms with Gasteiger partial charge in [0, 0.05) is 13.0 Å². The molecule has 1 aromatic rings. The number of carbonyl (C=O) groups excluding carboxylic acids is 1. The minimum atomic E-state index is 0.107. The third kappa shape index (κ3) is 6.39. The molecular formula is C15H23BrN2O2. The number of hydrogen-bond donors (Lipinski definition) is 1. The van der Waals surface area contributed by atoms with Crippen LogP contribution in [0, 0.1) is 0 Å². The summed E-state index contributed by atoms with van der Waals surface area (Å²) in [7, 11) is 5.70. The molecule has 0 unspecified atom stereocenters. The van der Waals surface area contributed by atoms with E-state index in [0.29, 0.717) is 6.42 Å². The molecular weight excluding hydrogens is 320 g/mol. The van der Waals surface area contributed by atoms with E-state index < -0.39 is 0 Å². The Morgan fingerprint density at radius 1 is 1.40 bits per heavy atom. The molecule has 1 aromatic carbocycles. The summed E-state index contributed by atoms with van der Waals surface area (Å²) in [6, 6.07) is 5.90. The molecule has 0 aromatic heterocycles. The number of benzene rings is 1. The maximum Gasteiger partial charge on any atom is 0.220 e. The van der Waals surface area contributed by atoms with Gasteiger partial charge < -0.3 is 15.0 Å². The van der Waals surface area contributed by atoms with Crippen molar-refractivity contribution in [1.29, 1.82) is 0 Å². The van der Waals surface area contributed by atoms with Gasteiger partial charge in [0.1, 0.15) is 5.75 Å². The van der Waals surface area contributed by atoms with Gasteiger partial charge in [0.2, 0.25) is 5.91 Å². The molecule has 4 nitrogen and oxygen atoms in total. The van der Waals surface area contributed by atoms with Crippen LogP contribution >= 0.6 is 15.9 Å². The first kappa shape index (κ1) is 17.0. The number of rotatable bonds is 8. The van der Waals surface area contributed by atoms with E-state index in [1.165, 1.54) is 0 Å². The summed E-state index contributed by atoms with van der Waals surface area (Å²) < 4.78 is 6.10. The van der Waals surface area contributed by atoms with Crippen LogP contribution in [-0.2, 0) is 11.2 Å². The van der Waals surface area contributed by atoms with Crippen LogP contribution in [0.4, 0.5) is 0 Å². The number of methoxy groups -OCH3 is 1. The van der Waals surface area contributed by atoms with Crippen molar-refractivity contribution in [2.75, 3.05) is 34.3 Å². The molecule has 0 atom stereocenters. The number of aryl methyl sites for hydroxylation is 1. The SMILES string of the molecule is COc1ccc(CCC(=O)NCCCN(C)C)cc1Br. The molecule has 1 N–H and O–H groups in total. The van der Waals surface area contributed by atoms with E-state index in [9.17, 15) is 4.79 Å². The van der Waals surface area contributed by atoms with Crippen molar-refractivity contribution in [3.8, 4) is 5.75 Å². The molecule has 0 saturated carbocycles. The minimum Gasteiger partial charge on any atom is -0.496 e. The van der Waals surface area contributed by atoms with Crippen LogP contribution in [0.3, 0.4) is 0 Å². The maximum absolute atomic E-state index is 11.7. The third-order valence-electron chi connectivity index (χ3n) is 2.96. The van der Waals surface area contributed by atoms with E-state index in [4.69, 9.17) is 4.74 Å². The van der Waals surface area contributed by atoms with Gasteiger partial charge in [0.15, 0.2) is 0 Å². The fraction of sp³-hybridized carbons (Fsp3) is 0.533. The molecule has 112 valence electrons. The van der Waals surface area contributed by atoms with Crippen LogP contribution in [0.15, 0.2) is 22.7 Å². The van der Waals surface area contributed by atoms with Gasteiger partial charge >= 0.3 is 0 Å². The van der Waals surface area contributed by atoms with Gasteiger partial charge in [-0.05, 0) is 67.1 Å². The molecule has 0 bridgehead atoms. The van der Waals surface area contributed by atoms with E-state index in [-0.39, 0.29) is 5.91 Å². The fourth-order valence-electron chi connectivity index (χ4n) is 1.83. The molecule has 0 radical (unpaired) electrons. The van der Waals surface area contributed by atoms with Crippen LogP contribution in [-0.4, -0.2) is 45.1 Å². The second-order valence-corrected chi connectivity index (χ2v) is 5.83. The van der Waals surface area contributed by atoms with Crippen molar-refractivity contribution in [3.63, 3.8) is 0 Å². The Kier molecular flexibility index (Phi) is 7.62. The Morgan fingerprint density at radius 2 is 2.15 bits per heavy atom. The molecule has 20 heavy (non-hydrogen) atoms. The van der Waals surface area contributed by atoms with E-state index in [2.05, 4.69) is 26.1 Å². The average Bonchev–Trinajstić information content (AvgIpc) is 2.41. The first-order valence-electron chi connectivity index (χ1n) is 6.76. The van der Waals surface area contributed by atoms with Gasteiger partial charge in [0.05, 0.1) is 11.6 Å². The summed E-state index contributed by atoms with van der Waals surface area (Å²) in [6.07, 6.45) is 2.23. The molecule has 1 amide bonds. The maximum atomic E-state index is 11.7. The van der Waals surface area contributed by atoms with Crippen molar-refractivity contribution in [3.05, 3.63) is 28.2 Å². The molecule has 0 aliphatic carbocycles. The number of halogens is 1. The summed E-state index contributed by atoms with van der Waals surface area (Å²) in [5.41, 5.74) is 1.13. The smallest absolute Gasteiger partial charge is 0.220 e. The number of hydrogen-bond acceptors (Lipinski definition) is 3. The lowest BCUT2D eigenvalue weighted by atomic mass is 10.1. The Bertz CT molecular complexity index is 436. The zero-order valence-corrected chi connectivity index (χ0v) is 14.0. The summed E-state index contributed by atoms with van der Waals surface area (Å²) in [4.78, 5) is 13.8. The Morgan fingerprint density at radius 3 is 2.75 bits per heavy atom. The zero-order valence-electron chi connectivity index (χ0n) is 12.4. The van der Waals surface area contributed by atoms with Crippen LogP contribution in [0.2, 0.25) is 0 Å². The average molecular weight is 343 g/mol. The van der Waals surface area contributed by atoms with E-state index in [1.54, 1.807) is 7.11 Å². The van der Waals surface area contributed by atoms with Gasteiger partial charge in [-0.3, -0.25) is 4.79 Å². The molecule has 0 fully saturated rings. The summed E-state index contributed by atoms with van der Waals surface area (Å²) in [5, 5.41) is 2.94. The van der Waals surface area contributed by atoms with E-state index in [0.717, 1.165) is 41.7 Å². The monoisotopic (exact) mass is 342 g/mol. The normalized spacial score (nSPS) is 10.7. The third-order valence-corrected chi connectivity index (χ3v) is 3.58. The molecule has 0 heterocycles. The highest BCUT2D eigenvalue weighted by molar-refractivity contribution is 9.10. The van der Waals surface area contributed by atoms with Gasteiger partial charge in [-0.1, -0.05) is 6.07 Å². The quantitative estimate of drug-likeness (QED) is 0.738. The van der Waals surface area contributed by atoms with Gasteiger partial charge in [-0.15, -0.1) is 0 Å². The summed E-state index contributed by atoms with van der Waals surface area (Å²) in [5.74, 6) is 0.914. The zero-order chi connectivity index (χ0) is 15.0. The van der Waals surface area contributed by atoms with Crippen molar-refractivity contribution in [1.82, 2.24) is 10.2 Å². The molecule has 0 saturated heterocycles. The highest BCUT2D eigenvalue weighted by Gasteiger charge is 2.05. The number of ether oxygens (including phenoxy) is 1. The van der Waals surface area contributed by atoms with E-state index >= 15 is 0 Å². The second-order valence-electron chi connectivity index (χ2n) is 4.98. The van der Waals surface area contributed by atoms with Crippen molar-refractivity contribution in [2.45, 2.75) is 19.3 Å². The lowest BCUT2D eigenvalue weighted by molar-refractivity contribution is -0.121. The molecule has 5 heteroatoms. The number of nitrogens with zero attached hydrogens (tertiary/aromatic N) is 1. The minimum absolute atomic E-state index is 0.107. The number of amides is 1. The second kappa shape index (κ2) is 8.97. The largest absolute Gasteiger partial charge is 0.496 e. The lowest BCUT2D eigenvalue weighted by Crippen LogP contribution is -2.27. The lowest BCUT2D eigenvalue weighted by Gasteiger charge is -2.10. The molecule has 0 aliphatic rings. The topological polar surface area (TPSA) is 41.6 Å². The summed E-state index contributed by atoms with van der Waals surface area (Å²) >= 11 is 3.45. The Balaban J connectivity index is 2.28. The van der Waals surface area contributed by atoms with Gasteiger partial charge in [-0.2, -0.15) is 0 Å². The number of carbonyl (C=O) groups is 1. The fourth-order valence-corrected chi connectivity index (χ4v) is 2.42. The number of nitrogens with one attached hydrogen (secondary N) is 1. The van der Waals surface area contributed by atoms with Gasteiger partial charge in [0.25, 0.3) is 0 Å². The molecule has 0 aliphatic heterocycles. The van der Waals surface area contributed by atoms with Crippen LogP contribution in [0.1, 0.15) is 18.4 Å². The van der Waals surface area contributed by atoms with Crippen molar-refractivity contribution in [2.24, 2.45) is 0 Å². The Labute approximate surface area is 129 Å². The Hall–Kier alpha value is -1.07. The van der Waals surface area contributed by atoms with Gasteiger partial charge in [-0.25, -0.2) is 0 Å². The first-order chi connectivity index (χ1) is 9.52. The standard InChI is InChI=1S/C15H23BrN2O2/c1-18(2)10-4-9-17-15(19)8-6-12-5-7-14(20-3)13(16)11-12/h5,7,11H,4,6,8-10H2,1-3H3,(H,17,19). The van der Waals surface area contributed by atoms with Crippen LogP contribution in [0.25, 0.3) is 0 Å².